The summed E-state index contributed by atoms with van der Waals surface area (Å²) in [5.41, 5.74) is 7.03. The highest BCUT2D eigenvalue weighted by atomic mass is 16.5. The Labute approximate surface area is 182 Å². The number of hydrogen-bond acceptors (Lipinski definition) is 3. The van der Waals surface area contributed by atoms with Crippen molar-refractivity contribution in [3.63, 3.8) is 0 Å². The van der Waals surface area contributed by atoms with Crippen LogP contribution >= 0.6 is 0 Å². The number of benzene rings is 4. The van der Waals surface area contributed by atoms with E-state index in [2.05, 4.69) is 96.0 Å². The van der Waals surface area contributed by atoms with E-state index < -0.39 is 0 Å². The van der Waals surface area contributed by atoms with Crippen molar-refractivity contribution in [1.29, 1.82) is 0 Å². The predicted molar refractivity (Wildman–Crippen MR) is 124 cm³/mol. The van der Waals surface area contributed by atoms with Crippen LogP contribution in [0.2, 0.25) is 0 Å². The van der Waals surface area contributed by atoms with E-state index in [1.165, 1.54) is 22.3 Å². The summed E-state index contributed by atoms with van der Waals surface area (Å²) in [5, 5.41) is 7.20. The maximum atomic E-state index is 6.41. The molecule has 0 unspecified atom stereocenters. The standard InChI is InChI=1S/C28H22N2O/c1-3-9-20(10-4-1)21-15-17-22(18-16-21)25-19-26-24-13-7-8-14-27(24)31-28(30(26)29-25)23-11-5-2-6-12-23/h1-18,26,28H,19H2/t26-,28+/m1/s1. The predicted octanol–water partition coefficient (Wildman–Crippen LogP) is 6.60. The number of para-hydroxylation sites is 1. The molecule has 3 heteroatoms. The fourth-order valence-corrected chi connectivity index (χ4v) is 4.53. The van der Waals surface area contributed by atoms with Crippen molar-refractivity contribution < 1.29 is 4.74 Å². The first-order valence-corrected chi connectivity index (χ1v) is 10.7. The lowest BCUT2D eigenvalue weighted by Crippen LogP contribution is -2.33. The zero-order valence-electron chi connectivity index (χ0n) is 17.1. The maximum Gasteiger partial charge on any atom is 0.213 e. The normalized spacial score (nSPS) is 19.2. The third-order valence-electron chi connectivity index (χ3n) is 6.11. The van der Waals surface area contributed by atoms with Crippen LogP contribution in [0.1, 0.15) is 35.4 Å². The first-order chi connectivity index (χ1) is 15.4. The highest BCUT2D eigenvalue weighted by molar-refractivity contribution is 6.02. The molecule has 0 bridgehead atoms. The first-order valence-electron chi connectivity index (χ1n) is 10.7. The zero-order chi connectivity index (χ0) is 20.6. The molecular weight excluding hydrogens is 380 g/mol. The summed E-state index contributed by atoms with van der Waals surface area (Å²) >= 11 is 0. The highest BCUT2D eigenvalue weighted by Gasteiger charge is 2.40. The zero-order valence-corrected chi connectivity index (χ0v) is 17.1. The van der Waals surface area contributed by atoms with Crippen LogP contribution in [0.3, 0.4) is 0 Å². The second kappa shape index (κ2) is 7.44. The van der Waals surface area contributed by atoms with Gasteiger partial charge in [0.05, 0.1) is 11.8 Å². The lowest BCUT2D eigenvalue weighted by Gasteiger charge is -2.38. The highest BCUT2D eigenvalue weighted by Crippen LogP contribution is 2.47. The topological polar surface area (TPSA) is 24.8 Å². The molecular formula is C28H22N2O. The van der Waals surface area contributed by atoms with Crippen LogP contribution in [0.15, 0.2) is 114 Å². The third kappa shape index (κ3) is 3.19. The summed E-state index contributed by atoms with van der Waals surface area (Å²) in [6.07, 6.45) is 0.649. The summed E-state index contributed by atoms with van der Waals surface area (Å²) < 4.78 is 6.41. The van der Waals surface area contributed by atoms with E-state index in [1.807, 2.05) is 18.2 Å². The summed E-state index contributed by atoms with van der Waals surface area (Å²) in [5.74, 6) is 0.952. The molecule has 0 spiro atoms. The van der Waals surface area contributed by atoms with E-state index in [-0.39, 0.29) is 12.3 Å². The summed E-state index contributed by atoms with van der Waals surface area (Å²) in [4.78, 5) is 0. The van der Waals surface area contributed by atoms with Crippen LogP contribution in [-0.4, -0.2) is 10.7 Å². The Morgan fingerprint density at radius 3 is 2.03 bits per heavy atom. The van der Waals surface area contributed by atoms with Gasteiger partial charge in [0.2, 0.25) is 6.23 Å². The van der Waals surface area contributed by atoms with Crippen molar-refractivity contribution in [3.05, 3.63) is 126 Å². The van der Waals surface area contributed by atoms with E-state index in [1.54, 1.807) is 0 Å². The SMILES string of the molecule is c1ccc(-c2ccc(C3=NN4[C@H](C3)c3ccccc3O[C@H]4c3ccccc3)cc2)cc1. The van der Waals surface area contributed by atoms with Gasteiger partial charge in [-0.25, -0.2) is 5.01 Å². The molecule has 0 N–H and O–H groups in total. The van der Waals surface area contributed by atoms with Gasteiger partial charge in [0.25, 0.3) is 0 Å². The van der Waals surface area contributed by atoms with E-state index in [4.69, 9.17) is 9.84 Å². The molecule has 0 aliphatic carbocycles. The van der Waals surface area contributed by atoms with Gasteiger partial charge < -0.3 is 4.74 Å². The second-order valence-electron chi connectivity index (χ2n) is 8.01. The molecule has 6 rings (SSSR count). The Morgan fingerprint density at radius 1 is 0.645 bits per heavy atom. The Hall–Kier alpha value is -3.85. The van der Waals surface area contributed by atoms with Gasteiger partial charge in [-0.1, -0.05) is 103 Å². The van der Waals surface area contributed by atoms with Crippen LogP contribution in [0.4, 0.5) is 0 Å². The van der Waals surface area contributed by atoms with E-state index in [9.17, 15) is 0 Å². The lowest BCUT2D eigenvalue weighted by molar-refractivity contribution is -0.0190. The Balaban J connectivity index is 1.37. The van der Waals surface area contributed by atoms with Crippen LogP contribution in [-0.2, 0) is 0 Å². The molecule has 2 heterocycles. The van der Waals surface area contributed by atoms with Gasteiger partial charge >= 0.3 is 0 Å². The molecule has 0 saturated carbocycles. The minimum atomic E-state index is -0.220. The Morgan fingerprint density at radius 2 is 1.26 bits per heavy atom. The number of hydrazone groups is 1. The maximum absolute atomic E-state index is 6.41. The minimum Gasteiger partial charge on any atom is -0.464 e. The average Bonchev–Trinajstić information content (AvgIpc) is 3.31. The molecule has 0 amide bonds. The number of ether oxygens (including phenoxy) is 1. The van der Waals surface area contributed by atoms with Crippen LogP contribution in [0.25, 0.3) is 11.1 Å². The summed E-state index contributed by atoms with van der Waals surface area (Å²) in [6.45, 7) is 0. The van der Waals surface area contributed by atoms with Crippen molar-refractivity contribution in [2.45, 2.75) is 18.7 Å². The number of hydrogen-bond donors (Lipinski definition) is 0. The Kier molecular flexibility index (Phi) is 4.31. The van der Waals surface area contributed by atoms with Gasteiger partial charge in [-0.2, -0.15) is 5.10 Å². The van der Waals surface area contributed by atoms with Crippen molar-refractivity contribution in [3.8, 4) is 16.9 Å². The van der Waals surface area contributed by atoms with Crippen LogP contribution in [0.5, 0.6) is 5.75 Å². The fraction of sp³-hybridized carbons (Fsp3) is 0.107. The molecule has 4 aromatic rings. The van der Waals surface area contributed by atoms with Gasteiger partial charge in [0.15, 0.2) is 0 Å². The molecule has 0 fully saturated rings. The van der Waals surface area contributed by atoms with E-state index in [0.29, 0.717) is 0 Å². The van der Waals surface area contributed by atoms with E-state index >= 15 is 0 Å². The van der Waals surface area contributed by atoms with Crippen molar-refractivity contribution >= 4 is 5.71 Å². The minimum absolute atomic E-state index is 0.180. The van der Waals surface area contributed by atoms with Crippen molar-refractivity contribution in [2.24, 2.45) is 5.10 Å². The van der Waals surface area contributed by atoms with Gasteiger partial charge in [0, 0.05) is 17.5 Å². The molecule has 31 heavy (non-hydrogen) atoms. The molecule has 0 saturated heterocycles. The van der Waals surface area contributed by atoms with Gasteiger partial charge in [-0.15, -0.1) is 0 Å². The number of fused-ring (bicyclic) bond motifs is 3. The summed E-state index contributed by atoms with van der Waals surface area (Å²) in [6, 6.07) is 38.1. The molecule has 150 valence electrons. The van der Waals surface area contributed by atoms with Gasteiger partial charge in [-0.3, -0.25) is 0 Å². The van der Waals surface area contributed by atoms with Crippen molar-refractivity contribution in [1.82, 2.24) is 5.01 Å². The smallest absolute Gasteiger partial charge is 0.213 e. The number of nitrogens with zero attached hydrogens (tertiary/aromatic N) is 2. The lowest BCUT2D eigenvalue weighted by atomic mass is 9.95. The summed E-state index contributed by atoms with van der Waals surface area (Å²) in [7, 11) is 0. The average molecular weight is 402 g/mol. The van der Waals surface area contributed by atoms with Gasteiger partial charge in [0.1, 0.15) is 5.75 Å². The molecule has 3 nitrogen and oxygen atoms in total. The van der Waals surface area contributed by atoms with Crippen molar-refractivity contribution in [2.75, 3.05) is 0 Å². The molecule has 2 aliphatic rings. The monoisotopic (exact) mass is 402 g/mol. The first kappa shape index (κ1) is 18.0. The quantitative estimate of drug-likeness (QED) is 0.386. The third-order valence-corrected chi connectivity index (χ3v) is 6.11. The second-order valence-corrected chi connectivity index (χ2v) is 8.01. The van der Waals surface area contributed by atoms with Crippen LogP contribution in [0, 0.1) is 0 Å². The van der Waals surface area contributed by atoms with E-state index in [0.717, 1.165) is 23.4 Å². The molecule has 0 radical (unpaired) electrons. The number of rotatable bonds is 3. The van der Waals surface area contributed by atoms with Gasteiger partial charge in [-0.05, 0) is 22.8 Å². The Bertz CT molecular complexity index is 1230. The molecule has 2 aliphatic heterocycles. The molecule has 2 atom stereocenters. The fourth-order valence-electron chi connectivity index (χ4n) is 4.53. The molecule has 4 aromatic carbocycles. The van der Waals surface area contributed by atoms with Crippen LogP contribution < -0.4 is 4.74 Å². The largest absolute Gasteiger partial charge is 0.464 e. The molecule has 0 aromatic heterocycles.